The number of hydrogen-bond donors (Lipinski definition) is 2. The largest absolute Gasteiger partial charge is 0.392 e. The summed E-state index contributed by atoms with van der Waals surface area (Å²) in [5, 5.41) is 17.2. The highest BCUT2D eigenvalue weighted by Crippen LogP contribution is 2.09. The molecule has 0 fully saturated rings. The quantitative estimate of drug-likeness (QED) is 0.284. The first-order valence-electron chi connectivity index (χ1n) is 9.83. The van der Waals surface area contributed by atoms with Gasteiger partial charge in [-0.25, -0.2) is 8.42 Å². The predicted molar refractivity (Wildman–Crippen MR) is 152 cm³/mol. The van der Waals surface area contributed by atoms with Gasteiger partial charge >= 0.3 is 0 Å². The Kier molecular flexibility index (Phi) is 21.9. The molecule has 8 heteroatoms. The minimum Gasteiger partial charge on any atom is -0.392 e. The average molecular weight is 548 g/mol. The van der Waals surface area contributed by atoms with Crippen LogP contribution in [0.2, 0.25) is 0 Å². The van der Waals surface area contributed by atoms with E-state index in [1.807, 2.05) is 78.9 Å². The number of halogens is 3. The lowest BCUT2D eigenvalue weighted by Gasteiger charge is -1.96. The van der Waals surface area contributed by atoms with Gasteiger partial charge in [-0.1, -0.05) is 92.4 Å². The second-order valence-corrected chi connectivity index (χ2v) is 9.97. The van der Waals surface area contributed by atoms with Crippen molar-refractivity contribution in [3.8, 4) is 0 Å². The molecule has 2 aromatic rings. The summed E-state index contributed by atoms with van der Waals surface area (Å²) in [5.74, 6) is 1.09. The van der Waals surface area contributed by atoms with Crippen molar-refractivity contribution >= 4 is 67.2 Å². The molecule has 0 aliphatic rings. The molecule has 0 heterocycles. The van der Waals surface area contributed by atoms with Gasteiger partial charge in [0, 0.05) is 22.4 Å². The summed E-state index contributed by atoms with van der Waals surface area (Å²) in [5.41, 5.74) is 4.39. The third-order valence-corrected chi connectivity index (χ3v) is 3.81. The van der Waals surface area contributed by atoms with Gasteiger partial charge in [0.05, 0.1) is 19.5 Å². The van der Waals surface area contributed by atoms with Crippen molar-refractivity contribution < 1.29 is 18.6 Å². The van der Waals surface area contributed by atoms with Gasteiger partial charge in [-0.15, -0.1) is 23.2 Å². The molecule has 2 N–H and O–H groups in total. The van der Waals surface area contributed by atoms with Crippen LogP contribution in [-0.4, -0.2) is 49.9 Å². The Morgan fingerprint density at radius 3 is 1.21 bits per heavy atom. The van der Waals surface area contributed by atoms with Crippen molar-refractivity contribution in [1.29, 1.82) is 0 Å². The van der Waals surface area contributed by atoms with Crippen LogP contribution in [0.4, 0.5) is 0 Å². The SMILES string of the molecule is C.CS(=O)(=O)Cl.ClC/C=C/c1cccc(/C=C/CCl)c1.OC/C=C/c1cccc(/C=C/CO)c1. The fourth-order valence-corrected chi connectivity index (χ4v) is 2.45. The van der Waals surface area contributed by atoms with Crippen molar-refractivity contribution in [3.63, 3.8) is 0 Å². The van der Waals surface area contributed by atoms with Gasteiger partial charge in [-0.2, -0.15) is 0 Å². The number of benzene rings is 2. The lowest BCUT2D eigenvalue weighted by Crippen LogP contribution is -1.78. The van der Waals surface area contributed by atoms with E-state index in [1.165, 1.54) is 0 Å². The molecule has 2 rings (SSSR count). The second-order valence-electron chi connectivity index (χ2n) is 6.31. The molecule has 188 valence electrons. The van der Waals surface area contributed by atoms with Crippen LogP contribution in [0.3, 0.4) is 0 Å². The zero-order chi connectivity index (χ0) is 25.0. The molecule has 0 aliphatic carbocycles. The number of rotatable bonds is 8. The van der Waals surface area contributed by atoms with Crippen LogP contribution in [0, 0.1) is 0 Å². The highest BCUT2D eigenvalue weighted by Gasteiger charge is 1.89. The van der Waals surface area contributed by atoms with Gasteiger partial charge < -0.3 is 10.2 Å². The molecule has 0 radical (unpaired) electrons. The van der Waals surface area contributed by atoms with Gasteiger partial charge in [-0.05, 0) is 34.4 Å². The monoisotopic (exact) mass is 546 g/mol. The Morgan fingerprint density at radius 2 is 0.971 bits per heavy atom. The molecule has 4 nitrogen and oxygen atoms in total. The summed E-state index contributed by atoms with van der Waals surface area (Å²) < 4.78 is 18.8. The number of alkyl halides is 2. The normalized spacial score (nSPS) is 11.2. The van der Waals surface area contributed by atoms with Crippen LogP contribution in [0.5, 0.6) is 0 Å². The molecule has 0 unspecified atom stereocenters. The smallest absolute Gasteiger partial charge is 0.229 e. The maximum Gasteiger partial charge on any atom is 0.229 e. The second kappa shape index (κ2) is 21.7. The van der Waals surface area contributed by atoms with E-state index in [2.05, 4.69) is 16.7 Å². The summed E-state index contributed by atoms with van der Waals surface area (Å²) >= 11 is 11.1. The molecule has 0 spiro atoms. The maximum atomic E-state index is 9.40. The van der Waals surface area contributed by atoms with E-state index in [-0.39, 0.29) is 20.6 Å². The van der Waals surface area contributed by atoms with Crippen LogP contribution in [0.25, 0.3) is 24.3 Å². The van der Waals surface area contributed by atoms with Crippen molar-refractivity contribution in [2.75, 3.05) is 31.2 Å². The van der Waals surface area contributed by atoms with E-state index in [0.29, 0.717) is 11.8 Å². The standard InChI is InChI=1S/C12H12Cl2.C12H14O2.CH3ClO2S.CH4/c2*13-8-2-6-11-4-1-5-12(10-11)7-3-9-14;1-5(2,3)4;/h1-7,10H,8-9H2;1-7,10,13-14H,8-9H2;1H3;1H4/b2*6-2+,7-3+;;. The molecule has 0 saturated heterocycles. The van der Waals surface area contributed by atoms with Crippen LogP contribution < -0.4 is 0 Å². The topological polar surface area (TPSA) is 74.6 Å². The van der Waals surface area contributed by atoms with Crippen LogP contribution >= 0.6 is 33.9 Å². The number of hydrogen-bond acceptors (Lipinski definition) is 4. The fourth-order valence-electron chi connectivity index (χ4n) is 2.27. The number of aliphatic hydroxyl groups is 2. The fraction of sp³-hybridized carbons (Fsp3) is 0.231. The Bertz CT molecular complexity index is 880. The summed E-state index contributed by atoms with van der Waals surface area (Å²) in [7, 11) is 1.31. The van der Waals surface area contributed by atoms with E-state index in [1.54, 1.807) is 12.2 Å². The van der Waals surface area contributed by atoms with E-state index in [9.17, 15) is 8.42 Å². The minimum absolute atomic E-state index is 0. The van der Waals surface area contributed by atoms with Gasteiger partial charge in [0.25, 0.3) is 0 Å². The van der Waals surface area contributed by atoms with Gasteiger partial charge in [-0.3, -0.25) is 0 Å². The Labute approximate surface area is 218 Å². The Balaban J connectivity index is 0. The van der Waals surface area contributed by atoms with Gasteiger partial charge in [0.1, 0.15) is 0 Å². The van der Waals surface area contributed by atoms with E-state index >= 15 is 0 Å². The molecule has 34 heavy (non-hydrogen) atoms. The van der Waals surface area contributed by atoms with Crippen molar-refractivity contribution in [3.05, 3.63) is 95.1 Å². The van der Waals surface area contributed by atoms with E-state index < -0.39 is 9.05 Å². The molecule has 0 aromatic heterocycles. The lowest BCUT2D eigenvalue weighted by atomic mass is 10.1. The number of allylic oxidation sites excluding steroid dienone is 2. The van der Waals surface area contributed by atoms with Crippen molar-refractivity contribution in [2.45, 2.75) is 7.43 Å². The highest BCUT2D eigenvalue weighted by molar-refractivity contribution is 8.13. The third kappa shape index (κ3) is 22.0. The zero-order valence-electron chi connectivity index (χ0n) is 18.3. The van der Waals surface area contributed by atoms with Crippen molar-refractivity contribution in [1.82, 2.24) is 0 Å². The summed E-state index contributed by atoms with van der Waals surface area (Å²) in [6.07, 6.45) is 15.9. The van der Waals surface area contributed by atoms with E-state index in [4.69, 9.17) is 33.4 Å². The molecule has 0 aliphatic heterocycles. The molecule has 0 saturated carbocycles. The first kappa shape index (κ1) is 34.3. The van der Waals surface area contributed by atoms with Crippen LogP contribution in [-0.2, 0) is 9.05 Å². The first-order valence-corrected chi connectivity index (χ1v) is 13.6. The van der Waals surface area contributed by atoms with Crippen LogP contribution in [0.15, 0.2) is 72.8 Å². The minimum atomic E-state index is -3.19. The van der Waals surface area contributed by atoms with E-state index in [0.717, 1.165) is 28.5 Å². The molecular formula is C26H33Cl3O4S. The van der Waals surface area contributed by atoms with Crippen molar-refractivity contribution in [2.24, 2.45) is 0 Å². The highest BCUT2D eigenvalue weighted by atomic mass is 35.7. The third-order valence-electron chi connectivity index (χ3n) is 3.45. The maximum absolute atomic E-state index is 9.40. The molecular weight excluding hydrogens is 515 g/mol. The molecule has 2 aromatic carbocycles. The summed E-state index contributed by atoms with van der Waals surface area (Å²) in [6.45, 7) is 0.105. The molecule has 0 atom stereocenters. The Morgan fingerprint density at radius 1 is 0.706 bits per heavy atom. The average Bonchev–Trinajstić information content (AvgIpc) is 2.78. The number of aliphatic hydroxyl groups excluding tert-OH is 2. The van der Waals surface area contributed by atoms with Gasteiger partial charge in [0.15, 0.2) is 0 Å². The van der Waals surface area contributed by atoms with Gasteiger partial charge in [0.2, 0.25) is 9.05 Å². The first-order chi connectivity index (χ1) is 15.7. The Hall–Kier alpha value is -1.86. The lowest BCUT2D eigenvalue weighted by molar-refractivity contribution is 0.343. The molecule has 0 bridgehead atoms. The predicted octanol–water partition coefficient (Wildman–Crippen LogP) is 6.71. The summed E-state index contributed by atoms with van der Waals surface area (Å²) in [4.78, 5) is 0. The summed E-state index contributed by atoms with van der Waals surface area (Å²) in [6, 6.07) is 16.0. The molecule has 0 amide bonds. The van der Waals surface area contributed by atoms with Crippen LogP contribution in [0.1, 0.15) is 29.7 Å². The zero-order valence-corrected chi connectivity index (χ0v) is 21.4.